The van der Waals surface area contributed by atoms with Crippen molar-refractivity contribution >= 4 is 28.9 Å². The van der Waals surface area contributed by atoms with Crippen LogP contribution in [0.5, 0.6) is 11.5 Å². The number of amides is 1. The maximum absolute atomic E-state index is 12.9. The van der Waals surface area contributed by atoms with Crippen molar-refractivity contribution in [1.29, 1.82) is 0 Å². The van der Waals surface area contributed by atoms with Crippen LogP contribution in [0.2, 0.25) is 5.02 Å². The number of halogens is 1. The lowest BCUT2D eigenvalue weighted by Gasteiger charge is -2.10. The lowest BCUT2D eigenvalue weighted by molar-refractivity contribution is -0.384. The third-order valence-corrected chi connectivity index (χ3v) is 4.93. The second-order valence-electron chi connectivity index (χ2n) is 7.26. The Labute approximate surface area is 192 Å². The molecule has 4 aromatic rings. The molecule has 10 nitrogen and oxygen atoms in total. The van der Waals surface area contributed by atoms with Crippen LogP contribution in [-0.2, 0) is 6.54 Å². The number of hydrogen-bond donors (Lipinski definition) is 1. The molecule has 1 N–H and O–H groups in total. The Balaban J connectivity index is 1.59. The van der Waals surface area contributed by atoms with Crippen molar-refractivity contribution in [3.05, 3.63) is 92.6 Å². The van der Waals surface area contributed by atoms with Crippen LogP contribution in [0.15, 0.2) is 59.4 Å². The van der Waals surface area contributed by atoms with Crippen molar-refractivity contribution in [2.45, 2.75) is 20.4 Å². The lowest BCUT2D eigenvalue weighted by Crippen LogP contribution is -2.16. The lowest BCUT2D eigenvalue weighted by atomic mass is 10.1. The van der Waals surface area contributed by atoms with Crippen LogP contribution in [0, 0.1) is 24.0 Å². The summed E-state index contributed by atoms with van der Waals surface area (Å²) in [4.78, 5) is 23.8. The molecule has 0 aliphatic heterocycles. The number of non-ortho nitro benzene ring substituents is 1. The number of nitrogens with one attached hydrogen (secondary N) is 1. The number of ether oxygens (including phenoxy) is 1. The molecule has 2 aromatic carbocycles. The van der Waals surface area contributed by atoms with Gasteiger partial charge in [-0.25, -0.2) is 0 Å². The molecule has 0 radical (unpaired) electrons. The summed E-state index contributed by atoms with van der Waals surface area (Å²) < 4.78 is 12.5. The van der Waals surface area contributed by atoms with E-state index in [1.165, 1.54) is 24.4 Å². The van der Waals surface area contributed by atoms with Gasteiger partial charge in [0.2, 0.25) is 0 Å². The summed E-state index contributed by atoms with van der Waals surface area (Å²) in [6.07, 6.45) is 3.08. The van der Waals surface area contributed by atoms with Crippen LogP contribution in [0.1, 0.15) is 27.4 Å². The molecule has 168 valence electrons. The molecule has 4 rings (SSSR count). The highest BCUT2D eigenvalue weighted by atomic mass is 35.5. The van der Waals surface area contributed by atoms with Gasteiger partial charge in [0.1, 0.15) is 17.3 Å². The molecule has 2 heterocycles. The standard InChI is InChI=1S/C22H18ClN5O5/c1-13-3-5-18(6-4-13)32-19-8-16(7-17(9-19)28(30)31)25-22(29)21-20(14(2)33-26-21)12-27-11-15(23)10-24-27/h3-11H,12H2,1-2H3,(H,25,29). The summed E-state index contributed by atoms with van der Waals surface area (Å²) in [5, 5.41) is 22.4. The minimum Gasteiger partial charge on any atom is -0.457 e. The van der Waals surface area contributed by atoms with Crippen LogP contribution in [0.3, 0.4) is 0 Å². The summed E-state index contributed by atoms with van der Waals surface area (Å²) in [5.74, 6) is 0.549. The molecule has 0 bridgehead atoms. The number of nitro groups is 1. The van der Waals surface area contributed by atoms with Crippen molar-refractivity contribution in [3.63, 3.8) is 0 Å². The summed E-state index contributed by atoms with van der Waals surface area (Å²) in [6.45, 7) is 3.82. The molecule has 2 aromatic heterocycles. The van der Waals surface area contributed by atoms with Gasteiger partial charge < -0.3 is 14.6 Å². The van der Waals surface area contributed by atoms with Gasteiger partial charge in [-0.1, -0.05) is 34.5 Å². The average molecular weight is 468 g/mol. The van der Waals surface area contributed by atoms with Crippen molar-refractivity contribution < 1.29 is 19.0 Å². The molecule has 33 heavy (non-hydrogen) atoms. The van der Waals surface area contributed by atoms with Gasteiger partial charge in [0, 0.05) is 23.9 Å². The van der Waals surface area contributed by atoms with E-state index in [1.54, 1.807) is 29.9 Å². The van der Waals surface area contributed by atoms with Crippen molar-refractivity contribution in [2.24, 2.45) is 0 Å². The van der Waals surface area contributed by atoms with Gasteiger partial charge in [0.05, 0.1) is 34.4 Å². The van der Waals surface area contributed by atoms with Crippen LogP contribution in [0.4, 0.5) is 11.4 Å². The summed E-state index contributed by atoms with van der Waals surface area (Å²) in [7, 11) is 0. The van der Waals surface area contributed by atoms with Crippen molar-refractivity contribution in [1.82, 2.24) is 14.9 Å². The fraction of sp³-hybridized carbons (Fsp3) is 0.136. The van der Waals surface area contributed by atoms with Crippen LogP contribution in [-0.4, -0.2) is 25.8 Å². The third kappa shape index (κ3) is 5.18. The summed E-state index contributed by atoms with van der Waals surface area (Å²) in [6, 6.07) is 11.2. The second-order valence-corrected chi connectivity index (χ2v) is 7.70. The SMILES string of the molecule is Cc1ccc(Oc2cc(NC(=O)c3noc(C)c3Cn3cc(Cl)cn3)cc([N+](=O)[O-])c2)cc1. The van der Waals surface area contributed by atoms with Crippen LogP contribution < -0.4 is 10.1 Å². The van der Waals surface area contributed by atoms with E-state index in [-0.39, 0.29) is 29.4 Å². The Morgan fingerprint density at radius 3 is 2.64 bits per heavy atom. The number of carbonyl (C=O) groups excluding carboxylic acids is 1. The predicted octanol–water partition coefficient (Wildman–Crippen LogP) is 5.14. The van der Waals surface area contributed by atoms with E-state index in [0.717, 1.165) is 5.56 Å². The van der Waals surface area contributed by atoms with E-state index in [9.17, 15) is 14.9 Å². The first-order valence-electron chi connectivity index (χ1n) is 9.77. The zero-order chi connectivity index (χ0) is 23.5. The first-order chi connectivity index (χ1) is 15.8. The number of nitro benzene ring substituents is 1. The Morgan fingerprint density at radius 1 is 1.21 bits per heavy atom. The van der Waals surface area contributed by atoms with E-state index in [0.29, 0.717) is 22.1 Å². The van der Waals surface area contributed by atoms with E-state index in [4.69, 9.17) is 20.9 Å². The zero-order valence-corrected chi connectivity index (χ0v) is 18.4. The predicted molar refractivity (Wildman–Crippen MR) is 120 cm³/mol. The molecule has 0 unspecified atom stereocenters. The highest BCUT2D eigenvalue weighted by molar-refractivity contribution is 6.30. The zero-order valence-electron chi connectivity index (χ0n) is 17.6. The summed E-state index contributed by atoms with van der Waals surface area (Å²) in [5.41, 5.74) is 1.52. The second kappa shape index (κ2) is 9.13. The van der Waals surface area contributed by atoms with Gasteiger partial charge in [-0.3, -0.25) is 19.6 Å². The number of aromatic nitrogens is 3. The molecule has 0 spiro atoms. The van der Waals surface area contributed by atoms with E-state index in [2.05, 4.69) is 15.6 Å². The van der Waals surface area contributed by atoms with Gasteiger partial charge in [0.15, 0.2) is 5.69 Å². The Kier molecular flexibility index (Phi) is 6.09. The molecule has 0 fully saturated rings. The highest BCUT2D eigenvalue weighted by Gasteiger charge is 2.22. The third-order valence-electron chi connectivity index (χ3n) is 4.74. The van der Waals surface area contributed by atoms with Gasteiger partial charge in [0.25, 0.3) is 11.6 Å². The van der Waals surface area contributed by atoms with Crippen LogP contribution >= 0.6 is 11.6 Å². The van der Waals surface area contributed by atoms with E-state index >= 15 is 0 Å². The molecule has 0 atom stereocenters. The van der Waals surface area contributed by atoms with E-state index < -0.39 is 10.8 Å². The number of aryl methyl sites for hydroxylation is 2. The number of benzene rings is 2. The van der Waals surface area contributed by atoms with Gasteiger partial charge in [-0.05, 0) is 26.0 Å². The number of nitrogens with zero attached hydrogens (tertiary/aromatic N) is 4. The minimum absolute atomic E-state index is 0.0339. The minimum atomic E-state index is -0.595. The molecular weight excluding hydrogens is 450 g/mol. The number of rotatable bonds is 7. The Hall–Kier alpha value is -4.18. The monoisotopic (exact) mass is 467 g/mol. The highest BCUT2D eigenvalue weighted by Crippen LogP contribution is 2.30. The number of anilines is 1. The first kappa shape index (κ1) is 22.0. The topological polar surface area (TPSA) is 125 Å². The molecule has 0 aliphatic rings. The molecule has 0 saturated heterocycles. The van der Waals surface area contributed by atoms with Gasteiger partial charge >= 0.3 is 0 Å². The van der Waals surface area contributed by atoms with Crippen molar-refractivity contribution in [3.8, 4) is 11.5 Å². The Morgan fingerprint density at radius 2 is 1.97 bits per heavy atom. The fourth-order valence-electron chi connectivity index (χ4n) is 3.10. The van der Waals surface area contributed by atoms with Gasteiger partial charge in [-0.2, -0.15) is 5.10 Å². The largest absolute Gasteiger partial charge is 0.457 e. The molecule has 0 aliphatic carbocycles. The van der Waals surface area contributed by atoms with Gasteiger partial charge in [-0.15, -0.1) is 0 Å². The molecule has 0 saturated carbocycles. The number of carbonyl (C=O) groups is 1. The Bertz CT molecular complexity index is 1330. The normalized spacial score (nSPS) is 10.8. The van der Waals surface area contributed by atoms with E-state index in [1.807, 2.05) is 19.1 Å². The fourth-order valence-corrected chi connectivity index (χ4v) is 3.25. The van der Waals surface area contributed by atoms with Crippen molar-refractivity contribution in [2.75, 3.05) is 5.32 Å². The quantitative estimate of drug-likeness (QED) is 0.294. The molecular formula is C22H18ClN5O5. The smallest absolute Gasteiger partial charge is 0.278 e. The molecule has 1 amide bonds. The maximum Gasteiger partial charge on any atom is 0.278 e. The first-order valence-corrected chi connectivity index (χ1v) is 10.1. The number of hydrogen-bond acceptors (Lipinski definition) is 7. The maximum atomic E-state index is 12.9. The van der Waals surface area contributed by atoms with Crippen LogP contribution in [0.25, 0.3) is 0 Å². The average Bonchev–Trinajstić information content (AvgIpc) is 3.35. The summed E-state index contributed by atoms with van der Waals surface area (Å²) >= 11 is 5.90. The molecule has 11 heteroatoms.